The molecule has 0 amide bonds. The molecule has 2 aliphatic heterocycles. The summed E-state index contributed by atoms with van der Waals surface area (Å²) in [4.78, 5) is 13.0. The first-order valence-corrected chi connectivity index (χ1v) is 8.51. The lowest BCUT2D eigenvalue weighted by molar-refractivity contribution is -0.384. The summed E-state index contributed by atoms with van der Waals surface area (Å²) < 4.78 is 11.4. The second-order valence-corrected chi connectivity index (χ2v) is 6.65. The highest BCUT2D eigenvalue weighted by molar-refractivity contribution is 5.64. The fourth-order valence-electron chi connectivity index (χ4n) is 3.40. The van der Waals surface area contributed by atoms with Crippen molar-refractivity contribution in [3.63, 3.8) is 0 Å². The Kier molecular flexibility index (Phi) is 4.28. The van der Waals surface area contributed by atoms with Crippen molar-refractivity contribution in [1.82, 2.24) is 0 Å². The highest BCUT2D eigenvalue weighted by Gasteiger charge is 2.31. The quantitative estimate of drug-likeness (QED) is 0.616. The van der Waals surface area contributed by atoms with Crippen molar-refractivity contribution < 1.29 is 14.4 Å². The van der Waals surface area contributed by atoms with E-state index in [2.05, 4.69) is 17.0 Å². The molecule has 0 aromatic heterocycles. The molecular weight excluding hydrogens is 320 g/mol. The van der Waals surface area contributed by atoms with Gasteiger partial charge in [0.1, 0.15) is 11.9 Å². The van der Waals surface area contributed by atoms with Gasteiger partial charge in [-0.1, -0.05) is 30.3 Å². The number of hydrogen-bond acceptors (Lipinski definition) is 5. The van der Waals surface area contributed by atoms with Crippen LogP contribution in [0.1, 0.15) is 12.0 Å². The highest BCUT2D eigenvalue weighted by atomic mass is 16.6. The van der Waals surface area contributed by atoms with Gasteiger partial charge in [0.05, 0.1) is 30.4 Å². The van der Waals surface area contributed by atoms with Gasteiger partial charge in [-0.15, -0.1) is 0 Å². The van der Waals surface area contributed by atoms with E-state index in [9.17, 15) is 10.1 Å². The largest absolute Gasteiger partial charge is 0.486 e. The first kappa shape index (κ1) is 15.9. The summed E-state index contributed by atoms with van der Waals surface area (Å²) in [5.74, 6) is 1.26. The minimum atomic E-state index is -0.362. The Morgan fingerprint density at radius 2 is 1.96 bits per heavy atom. The molecule has 0 radical (unpaired) electrons. The second kappa shape index (κ2) is 6.72. The standard InChI is InChI=1S/C19H20N2O4/c22-21(23)16-6-7-19-18(9-16)20(10-14-4-2-1-3-5-14)11-17(25-19)8-15-12-24-13-15/h1-7,9,15,17H,8,10-13H2/t17-/m0/s1. The van der Waals surface area contributed by atoms with Crippen molar-refractivity contribution >= 4 is 11.4 Å². The fourth-order valence-corrected chi connectivity index (χ4v) is 3.40. The summed E-state index contributed by atoms with van der Waals surface area (Å²) in [6, 6.07) is 15.0. The summed E-state index contributed by atoms with van der Waals surface area (Å²) in [5, 5.41) is 11.1. The predicted octanol–water partition coefficient (Wildman–Crippen LogP) is 3.40. The van der Waals surface area contributed by atoms with E-state index in [-0.39, 0.29) is 16.7 Å². The number of non-ortho nitro benzene ring substituents is 1. The van der Waals surface area contributed by atoms with Crippen LogP contribution in [0.3, 0.4) is 0 Å². The van der Waals surface area contributed by atoms with E-state index in [1.54, 1.807) is 12.1 Å². The average Bonchev–Trinajstić information content (AvgIpc) is 2.58. The van der Waals surface area contributed by atoms with Gasteiger partial charge >= 0.3 is 0 Å². The van der Waals surface area contributed by atoms with Crippen molar-refractivity contribution in [2.45, 2.75) is 19.1 Å². The number of anilines is 1. The molecule has 0 spiro atoms. The number of nitro benzene ring substituents is 1. The number of nitrogens with zero attached hydrogens (tertiary/aromatic N) is 2. The molecule has 2 aromatic carbocycles. The third kappa shape index (κ3) is 3.44. The summed E-state index contributed by atoms with van der Waals surface area (Å²) >= 11 is 0. The molecule has 2 aromatic rings. The lowest BCUT2D eigenvalue weighted by Gasteiger charge is -2.38. The Labute approximate surface area is 146 Å². The molecule has 1 fully saturated rings. The molecule has 6 nitrogen and oxygen atoms in total. The van der Waals surface area contributed by atoms with Gasteiger partial charge < -0.3 is 14.4 Å². The highest BCUT2D eigenvalue weighted by Crippen LogP contribution is 2.38. The van der Waals surface area contributed by atoms with Crippen LogP contribution in [0, 0.1) is 16.0 Å². The first-order chi connectivity index (χ1) is 12.2. The Bertz CT molecular complexity index is 761. The minimum Gasteiger partial charge on any atom is -0.486 e. The van der Waals surface area contributed by atoms with Crippen LogP contribution in [0.2, 0.25) is 0 Å². The predicted molar refractivity (Wildman–Crippen MR) is 93.9 cm³/mol. The van der Waals surface area contributed by atoms with Gasteiger partial charge in [0.25, 0.3) is 5.69 Å². The molecule has 0 aliphatic carbocycles. The Balaban J connectivity index is 1.61. The Hall–Kier alpha value is -2.60. The van der Waals surface area contributed by atoms with Crippen LogP contribution in [0.15, 0.2) is 48.5 Å². The van der Waals surface area contributed by atoms with E-state index in [1.807, 2.05) is 18.2 Å². The summed E-state index contributed by atoms with van der Waals surface area (Å²) in [5.41, 5.74) is 2.05. The van der Waals surface area contributed by atoms with Gasteiger partial charge in [0, 0.05) is 24.6 Å². The van der Waals surface area contributed by atoms with Crippen LogP contribution in [0.4, 0.5) is 11.4 Å². The first-order valence-electron chi connectivity index (χ1n) is 8.51. The average molecular weight is 340 g/mol. The second-order valence-electron chi connectivity index (χ2n) is 6.65. The smallest absolute Gasteiger partial charge is 0.271 e. The molecule has 0 saturated carbocycles. The van der Waals surface area contributed by atoms with Crippen molar-refractivity contribution in [3.05, 3.63) is 64.2 Å². The van der Waals surface area contributed by atoms with Gasteiger partial charge in [-0.3, -0.25) is 10.1 Å². The Morgan fingerprint density at radius 1 is 1.16 bits per heavy atom. The third-order valence-corrected chi connectivity index (χ3v) is 4.73. The molecule has 25 heavy (non-hydrogen) atoms. The number of ether oxygens (including phenoxy) is 2. The number of hydrogen-bond donors (Lipinski definition) is 0. The number of rotatable bonds is 5. The molecule has 0 unspecified atom stereocenters. The molecule has 2 aliphatic rings. The third-order valence-electron chi connectivity index (χ3n) is 4.73. The molecule has 4 rings (SSSR count). The molecule has 130 valence electrons. The van der Waals surface area contributed by atoms with Gasteiger partial charge in [0.2, 0.25) is 0 Å². The zero-order valence-electron chi connectivity index (χ0n) is 13.8. The lowest BCUT2D eigenvalue weighted by Crippen LogP contribution is -2.43. The van der Waals surface area contributed by atoms with E-state index in [0.717, 1.165) is 37.6 Å². The molecule has 6 heteroatoms. The number of nitro groups is 1. The molecule has 2 heterocycles. The van der Waals surface area contributed by atoms with Crippen molar-refractivity contribution in [3.8, 4) is 5.75 Å². The van der Waals surface area contributed by atoms with Crippen molar-refractivity contribution in [1.29, 1.82) is 0 Å². The van der Waals surface area contributed by atoms with E-state index in [4.69, 9.17) is 9.47 Å². The van der Waals surface area contributed by atoms with Gasteiger partial charge in [-0.25, -0.2) is 0 Å². The SMILES string of the molecule is O=[N+]([O-])c1ccc2c(c1)N(Cc1ccccc1)C[C@H](CC1COC1)O2. The number of fused-ring (bicyclic) bond motifs is 1. The van der Waals surface area contributed by atoms with E-state index in [0.29, 0.717) is 12.5 Å². The maximum atomic E-state index is 11.1. The maximum absolute atomic E-state index is 11.1. The molecule has 1 saturated heterocycles. The number of benzene rings is 2. The van der Waals surface area contributed by atoms with Gasteiger partial charge in [0.15, 0.2) is 0 Å². The van der Waals surface area contributed by atoms with E-state index in [1.165, 1.54) is 11.6 Å². The van der Waals surface area contributed by atoms with Crippen molar-refractivity contribution in [2.75, 3.05) is 24.7 Å². The van der Waals surface area contributed by atoms with E-state index < -0.39 is 0 Å². The van der Waals surface area contributed by atoms with Crippen LogP contribution in [0.5, 0.6) is 5.75 Å². The van der Waals surface area contributed by atoms with Crippen LogP contribution in [0.25, 0.3) is 0 Å². The maximum Gasteiger partial charge on any atom is 0.271 e. The van der Waals surface area contributed by atoms with E-state index >= 15 is 0 Å². The zero-order valence-corrected chi connectivity index (χ0v) is 13.8. The zero-order chi connectivity index (χ0) is 17.2. The summed E-state index contributed by atoms with van der Waals surface area (Å²) in [7, 11) is 0. The van der Waals surface area contributed by atoms with Gasteiger partial charge in [-0.05, 0) is 18.1 Å². The Morgan fingerprint density at radius 3 is 2.64 bits per heavy atom. The summed E-state index contributed by atoms with van der Waals surface area (Å²) in [6.45, 7) is 3.02. The van der Waals surface area contributed by atoms with Crippen LogP contribution >= 0.6 is 0 Å². The molecule has 0 N–H and O–H groups in total. The summed E-state index contributed by atoms with van der Waals surface area (Å²) in [6.07, 6.45) is 1.02. The van der Waals surface area contributed by atoms with Crippen LogP contribution in [-0.4, -0.2) is 30.8 Å². The minimum absolute atomic E-state index is 0.0755. The monoisotopic (exact) mass is 340 g/mol. The molecular formula is C19H20N2O4. The lowest BCUT2D eigenvalue weighted by atomic mass is 9.98. The van der Waals surface area contributed by atoms with Gasteiger partial charge in [-0.2, -0.15) is 0 Å². The normalized spacial score (nSPS) is 19.7. The topological polar surface area (TPSA) is 64.8 Å². The van der Waals surface area contributed by atoms with Crippen LogP contribution < -0.4 is 9.64 Å². The van der Waals surface area contributed by atoms with Crippen molar-refractivity contribution in [2.24, 2.45) is 5.92 Å². The molecule has 1 atom stereocenters. The fraction of sp³-hybridized carbons (Fsp3) is 0.368. The van der Waals surface area contributed by atoms with Crippen LogP contribution in [-0.2, 0) is 11.3 Å². The molecule has 0 bridgehead atoms.